The number of rotatable bonds is 7. The molecule has 0 aromatic rings. The van der Waals surface area contributed by atoms with Crippen LogP contribution in [-0.2, 0) is 4.74 Å². The highest BCUT2D eigenvalue weighted by Gasteiger charge is 2.42. The van der Waals surface area contributed by atoms with Crippen molar-refractivity contribution in [3.63, 3.8) is 0 Å². The molecule has 0 saturated heterocycles. The molecule has 0 radical (unpaired) electrons. The highest BCUT2D eigenvalue weighted by atomic mass is 16.5. The third-order valence-corrected chi connectivity index (χ3v) is 4.49. The zero-order chi connectivity index (χ0) is 11.4. The Morgan fingerprint density at radius 3 is 2.81 bits per heavy atom. The zero-order valence-electron chi connectivity index (χ0n) is 10.5. The van der Waals surface area contributed by atoms with Crippen LogP contribution in [0.5, 0.6) is 0 Å². The summed E-state index contributed by atoms with van der Waals surface area (Å²) in [5.41, 5.74) is 6.37. The summed E-state index contributed by atoms with van der Waals surface area (Å²) < 4.78 is 5.18. The quantitative estimate of drug-likeness (QED) is 0.692. The van der Waals surface area contributed by atoms with E-state index < -0.39 is 0 Å². The number of hydrogen-bond donors (Lipinski definition) is 2. The standard InChI is InChI=1S/C13H26N2O/c1-16-8-7-13(5-6-13)10-15-12-4-2-3-11(12)9-14/h11-12,15H,2-10,14H2,1H3. The van der Waals surface area contributed by atoms with Crippen LogP contribution in [0.25, 0.3) is 0 Å². The van der Waals surface area contributed by atoms with E-state index in [2.05, 4.69) is 5.32 Å². The van der Waals surface area contributed by atoms with Crippen LogP contribution in [0.3, 0.4) is 0 Å². The van der Waals surface area contributed by atoms with E-state index in [1.807, 2.05) is 0 Å². The van der Waals surface area contributed by atoms with Crippen molar-refractivity contribution in [3.8, 4) is 0 Å². The van der Waals surface area contributed by atoms with E-state index in [1.54, 1.807) is 7.11 Å². The third-order valence-electron chi connectivity index (χ3n) is 4.49. The van der Waals surface area contributed by atoms with Crippen molar-refractivity contribution in [1.29, 1.82) is 0 Å². The molecule has 2 fully saturated rings. The van der Waals surface area contributed by atoms with Crippen molar-refractivity contribution in [2.24, 2.45) is 17.1 Å². The topological polar surface area (TPSA) is 47.3 Å². The van der Waals surface area contributed by atoms with E-state index in [0.29, 0.717) is 11.5 Å². The first-order valence-electron chi connectivity index (χ1n) is 6.72. The molecule has 0 amide bonds. The van der Waals surface area contributed by atoms with Crippen LogP contribution in [0.4, 0.5) is 0 Å². The van der Waals surface area contributed by atoms with Gasteiger partial charge in [-0.05, 0) is 50.0 Å². The van der Waals surface area contributed by atoms with E-state index in [-0.39, 0.29) is 0 Å². The second-order valence-corrected chi connectivity index (χ2v) is 5.66. The van der Waals surface area contributed by atoms with Gasteiger partial charge in [0.25, 0.3) is 0 Å². The lowest BCUT2D eigenvalue weighted by Gasteiger charge is -2.23. The maximum absolute atomic E-state index is 5.80. The lowest BCUT2D eigenvalue weighted by atomic mass is 10.00. The van der Waals surface area contributed by atoms with Crippen molar-refractivity contribution in [2.75, 3.05) is 26.8 Å². The molecule has 2 aliphatic carbocycles. The first-order chi connectivity index (χ1) is 7.79. The van der Waals surface area contributed by atoms with Gasteiger partial charge in [-0.15, -0.1) is 0 Å². The number of methoxy groups -OCH3 is 1. The zero-order valence-corrected chi connectivity index (χ0v) is 10.5. The highest BCUT2D eigenvalue weighted by Crippen LogP contribution is 2.48. The lowest BCUT2D eigenvalue weighted by molar-refractivity contribution is 0.169. The average molecular weight is 226 g/mol. The van der Waals surface area contributed by atoms with Crippen LogP contribution in [0, 0.1) is 11.3 Å². The number of hydrogen-bond acceptors (Lipinski definition) is 3. The summed E-state index contributed by atoms with van der Waals surface area (Å²) in [6.07, 6.45) is 7.97. The number of nitrogens with one attached hydrogen (secondary N) is 1. The molecule has 0 aliphatic heterocycles. The first kappa shape index (κ1) is 12.3. The van der Waals surface area contributed by atoms with Gasteiger partial charge in [0.05, 0.1) is 0 Å². The summed E-state index contributed by atoms with van der Waals surface area (Å²) in [4.78, 5) is 0. The summed E-state index contributed by atoms with van der Waals surface area (Å²) >= 11 is 0. The van der Waals surface area contributed by atoms with Crippen LogP contribution < -0.4 is 11.1 Å². The molecule has 16 heavy (non-hydrogen) atoms. The molecular formula is C13H26N2O. The van der Waals surface area contributed by atoms with Gasteiger partial charge in [0, 0.05) is 26.3 Å². The Labute approximate surface area is 99.1 Å². The fraction of sp³-hybridized carbons (Fsp3) is 1.00. The molecule has 2 saturated carbocycles. The molecule has 2 atom stereocenters. The monoisotopic (exact) mass is 226 g/mol. The largest absolute Gasteiger partial charge is 0.385 e. The molecule has 3 nitrogen and oxygen atoms in total. The molecular weight excluding hydrogens is 200 g/mol. The van der Waals surface area contributed by atoms with Gasteiger partial charge in [-0.1, -0.05) is 6.42 Å². The maximum atomic E-state index is 5.80. The Hall–Kier alpha value is -0.120. The molecule has 0 bridgehead atoms. The second kappa shape index (κ2) is 5.48. The average Bonchev–Trinajstić information content (AvgIpc) is 2.93. The molecule has 2 rings (SSSR count). The summed E-state index contributed by atoms with van der Waals surface area (Å²) in [6, 6.07) is 0.685. The van der Waals surface area contributed by atoms with Gasteiger partial charge in [-0.3, -0.25) is 0 Å². The van der Waals surface area contributed by atoms with Crippen LogP contribution in [0.1, 0.15) is 38.5 Å². The van der Waals surface area contributed by atoms with Crippen LogP contribution in [0.2, 0.25) is 0 Å². The Bertz CT molecular complexity index is 216. The number of nitrogens with two attached hydrogens (primary N) is 1. The van der Waals surface area contributed by atoms with Gasteiger partial charge in [-0.25, -0.2) is 0 Å². The van der Waals surface area contributed by atoms with Crippen molar-refractivity contribution in [1.82, 2.24) is 5.32 Å². The van der Waals surface area contributed by atoms with E-state index in [4.69, 9.17) is 10.5 Å². The van der Waals surface area contributed by atoms with Crippen LogP contribution in [0.15, 0.2) is 0 Å². The lowest BCUT2D eigenvalue weighted by Crippen LogP contribution is -2.39. The number of ether oxygens (including phenoxy) is 1. The van der Waals surface area contributed by atoms with Crippen molar-refractivity contribution in [2.45, 2.75) is 44.6 Å². The van der Waals surface area contributed by atoms with E-state index in [0.717, 1.165) is 19.1 Å². The van der Waals surface area contributed by atoms with E-state index in [9.17, 15) is 0 Å². The molecule has 2 aliphatic rings. The molecule has 0 spiro atoms. The molecule has 3 heteroatoms. The Kier molecular flexibility index (Phi) is 4.22. The summed E-state index contributed by atoms with van der Waals surface area (Å²) in [7, 11) is 1.80. The summed E-state index contributed by atoms with van der Waals surface area (Å²) in [5.74, 6) is 0.721. The normalized spacial score (nSPS) is 31.9. The van der Waals surface area contributed by atoms with Crippen molar-refractivity contribution < 1.29 is 4.74 Å². The minimum absolute atomic E-state index is 0.567. The van der Waals surface area contributed by atoms with Gasteiger partial charge in [0.2, 0.25) is 0 Å². The van der Waals surface area contributed by atoms with Gasteiger partial charge >= 0.3 is 0 Å². The smallest absolute Gasteiger partial charge is 0.0468 e. The summed E-state index contributed by atoms with van der Waals surface area (Å²) in [5, 5.41) is 3.76. The molecule has 94 valence electrons. The molecule has 0 heterocycles. The van der Waals surface area contributed by atoms with Gasteiger partial charge in [0.1, 0.15) is 0 Å². The van der Waals surface area contributed by atoms with E-state index >= 15 is 0 Å². The minimum Gasteiger partial charge on any atom is -0.385 e. The minimum atomic E-state index is 0.567. The van der Waals surface area contributed by atoms with Gasteiger partial charge in [0.15, 0.2) is 0 Å². The fourth-order valence-corrected chi connectivity index (χ4v) is 2.95. The van der Waals surface area contributed by atoms with Gasteiger partial charge in [-0.2, -0.15) is 0 Å². The predicted octanol–water partition coefficient (Wildman–Crippen LogP) is 1.52. The second-order valence-electron chi connectivity index (χ2n) is 5.66. The highest BCUT2D eigenvalue weighted by molar-refractivity contribution is 4.96. The molecule has 3 N–H and O–H groups in total. The molecule has 2 unspecified atom stereocenters. The predicted molar refractivity (Wildman–Crippen MR) is 66.3 cm³/mol. The Morgan fingerprint density at radius 2 is 2.19 bits per heavy atom. The Balaban J connectivity index is 1.70. The third kappa shape index (κ3) is 2.96. The molecule has 0 aromatic carbocycles. The van der Waals surface area contributed by atoms with Crippen molar-refractivity contribution in [3.05, 3.63) is 0 Å². The fourth-order valence-electron chi connectivity index (χ4n) is 2.95. The van der Waals surface area contributed by atoms with Gasteiger partial charge < -0.3 is 15.8 Å². The van der Waals surface area contributed by atoms with Crippen LogP contribution in [-0.4, -0.2) is 32.8 Å². The summed E-state index contributed by atoms with van der Waals surface area (Å²) in [6.45, 7) is 2.94. The van der Waals surface area contributed by atoms with E-state index in [1.165, 1.54) is 45.1 Å². The first-order valence-corrected chi connectivity index (χ1v) is 6.72. The Morgan fingerprint density at radius 1 is 1.38 bits per heavy atom. The SMILES string of the molecule is COCCC1(CNC2CCCC2CN)CC1. The molecule has 0 aromatic heterocycles. The van der Waals surface area contributed by atoms with Crippen molar-refractivity contribution >= 4 is 0 Å². The van der Waals surface area contributed by atoms with Crippen LogP contribution >= 0.6 is 0 Å². The maximum Gasteiger partial charge on any atom is 0.0468 e.